The molecule has 0 fully saturated rings. The van der Waals surface area contributed by atoms with Gasteiger partial charge in [0.1, 0.15) is 17.2 Å². The van der Waals surface area contributed by atoms with Gasteiger partial charge in [-0.3, -0.25) is 4.79 Å². The predicted molar refractivity (Wildman–Crippen MR) is 136 cm³/mol. The van der Waals surface area contributed by atoms with Gasteiger partial charge in [0.2, 0.25) is 5.88 Å². The summed E-state index contributed by atoms with van der Waals surface area (Å²) in [6.45, 7) is 5.23. The topological polar surface area (TPSA) is 56.6 Å². The van der Waals surface area contributed by atoms with E-state index in [4.69, 9.17) is 14.6 Å². The van der Waals surface area contributed by atoms with Crippen LogP contribution in [0.5, 0.6) is 17.4 Å². The average Bonchev–Trinajstić information content (AvgIpc) is 3.48. The zero-order valence-corrected chi connectivity index (χ0v) is 20.7. The molecular weight excluding hydrogens is 446 g/mol. The molecule has 6 nitrogen and oxygen atoms in total. The maximum absolute atomic E-state index is 13.4. The van der Waals surface area contributed by atoms with Crippen molar-refractivity contribution in [3.8, 4) is 28.6 Å². The molecule has 0 spiro atoms. The van der Waals surface area contributed by atoms with Crippen molar-refractivity contribution >= 4 is 17.2 Å². The number of hydrogen-bond acceptors (Lipinski definition) is 5. The molecule has 0 aliphatic heterocycles. The van der Waals surface area contributed by atoms with Crippen LogP contribution < -0.4 is 9.47 Å². The number of benzene rings is 2. The highest BCUT2D eigenvalue weighted by atomic mass is 32.1. The van der Waals surface area contributed by atoms with Crippen LogP contribution >= 0.6 is 11.3 Å². The number of nitrogens with zero attached hydrogens (tertiary/aromatic N) is 3. The van der Waals surface area contributed by atoms with E-state index in [0.717, 1.165) is 21.7 Å². The largest absolute Gasteiger partial charge is 0.497 e. The fraction of sp³-hybridized carbons (Fsp3) is 0.259. The van der Waals surface area contributed by atoms with E-state index in [2.05, 4.69) is 13.8 Å². The van der Waals surface area contributed by atoms with Crippen LogP contribution in [0.25, 0.3) is 11.3 Å². The molecule has 4 aromatic rings. The number of amides is 1. The quantitative estimate of drug-likeness (QED) is 0.287. The van der Waals surface area contributed by atoms with E-state index in [1.165, 1.54) is 11.3 Å². The Hall–Kier alpha value is -3.58. The van der Waals surface area contributed by atoms with Crippen molar-refractivity contribution in [2.45, 2.75) is 20.4 Å². The third kappa shape index (κ3) is 5.31. The smallest absolute Gasteiger partial charge is 0.264 e. The number of rotatable bonds is 9. The molecule has 7 heteroatoms. The van der Waals surface area contributed by atoms with Gasteiger partial charge in [0.25, 0.3) is 5.91 Å². The first-order chi connectivity index (χ1) is 16.5. The van der Waals surface area contributed by atoms with Gasteiger partial charge >= 0.3 is 0 Å². The highest BCUT2D eigenvalue weighted by Gasteiger charge is 2.26. The summed E-state index contributed by atoms with van der Waals surface area (Å²) in [6.07, 6.45) is 0. The molecule has 0 atom stereocenters. The molecule has 4 rings (SSSR count). The van der Waals surface area contributed by atoms with Gasteiger partial charge < -0.3 is 14.4 Å². The number of thiophene rings is 1. The van der Waals surface area contributed by atoms with Gasteiger partial charge in [0.15, 0.2) is 0 Å². The van der Waals surface area contributed by atoms with E-state index in [0.29, 0.717) is 36.4 Å². The van der Waals surface area contributed by atoms with E-state index < -0.39 is 0 Å². The first-order valence-electron chi connectivity index (χ1n) is 11.2. The number of aryl methyl sites for hydroxylation is 1. The highest BCUT2D eigenvalue weighted by Crippen LogP contribution is 2.35. The SMILES string of the molecule is COc1cccc(Oc2c(CN(CC(C)C)C(=O)c3cccs3)c(-c3ccccc3)nn2C)c1. The molecule has 34 heavy (non-hydrogen) atoms. The van der Waals surface area contributed by atoms with Crippen molar-refractivity contribution in [3.63, 3.8) is 0 Å². The Balaban J connectivity index is 1.78. The molecule has 2 aromatic carbocycles. The second kappa shape index (κ2) is 10.6. The molecule has 0 unspecified atom stereocenters. The van der Waals surface area contributed by atoms with E-state index in [1.54, 1.807) is 11.8 Å². The molecule has 0 saturated heterocycles. The summed E-state index contributed by atoms with van der Waals surface area (Å²) in [5.41, 5.74) is 2.64. The van der Waals surface area contributed by atoms with Crippen LogP contribution in [-0.2, 0) is 13.6 Å². The summed E-state index contributed by atoms with van der Waals surface area (Å²) >= 11 is 1.46. The average molecular weight is 476 g/mol. The van der Waals surface area contributed by atoms with Crippen LogP contribution in [-0.4, -0.2) is 34.2 Å². The van der Waals surface area contributed by atoms with E-state index in [-0.39, 0.29) is 5.91 Å². The minimum absolute atomic E-state index is 0.0129. The Morgan fingerprint density at radius 1 is 1.06 bits per heavy atom. The Morgan fingerprint density at radius 2 is 1.82 bits per heavy atom. The fourth-order valence-corrected chi connectivity index (χ4v) is 4.52. The molecule has 176 valence electrons. The van der Waals surface area contributed by atoms with Gasteiger partial charge in [-0.25, -0.2) is 4.68 Å². The maximum Gasteiger partial charge on any atom is 0.264 e. The lowest BCUT2D eigenvalue weighted by atomic mass is 10.1. The van der Waals surface area contributed by atoms with Gasteiger partial charge in [-0.15, -0.1) is 11.3 Å². The van der Waals surface area contributed by atoms with Crippen molar-refractivity contribution < 1.29 is 14.3 Å². The molecule has 0 radical (unpaired) electrons. The molecule has 2 aromatic heterocycles. The Morgan fingerprint density at radius 3 is 2.50 bits per heavy atom. The second-order valence-electron chi connectivity index (χ2n) is 8.46. The third-order valence-electron chi connectivity index (χ3n) is 5.34. The number of aromatic nitrogens is 2. The molecule has 0 N–H and O–H groups in total. The minimum atomic E-state index is 0.0129. The molecular formula is C27H29N3O3S. The zero-order valence-electron chi connectivity index (χ0n) is 19.9. The third-order valence-corrected chi connectivity index (χ3v) is 6.20. The minimum Gasteiger partial charge on any atom is -0.497 e. The lowest BCUT2D eigenvalue weighted by molar-refractivity contribution is 0.0727. The van der Waals surface area contributed by atoms with Crippen LogP contribution in [0.3, 0.4) is 0 Å². The Kier molecular flexibility index (Phi) is 7.33. The molecule has 0 bridgehead atoms. The van der Waals surface area contributed by atoms with E-state index in [9.17, 15) is 4.79 Å². The molecule has 1 amide bonds. The van der Waals surface area contributed by atoms with Crippen molar-refractivity contribution in [1.82, 2.24) is 14.7 Å². The number of methoxy groups -OCH3 is 1. The summed E-state index contributed by atoms with van der Waals surface area (Å²) < 4.78 is 13.4. The fourth-order valence-electron chi connectivity index (χ4n) is 3.83. The second-order valence-corrected chi connectivity index (χ2v) is 9.41. The number of carbonyl (C=O) groups excluding carboxylic acids is 1. The highest BCUT2D eigenvalue weighted by molar-refractivity contribution is 7.12. The number of carbonyl (C=O) groups is 1. The standard InChI is InChI=1S/C27H29N3O3S/c1-19(2)17-30(26(31)24-14-9-15-34-24)18-23-25(20-10-6-5-7-11-20)28-29(3)27(23)33-22-13-8-12-21(16-22)32-4/h5-16,19H,17-18H2,1-4H3. The summed E-state index contributed by atoms with van der Waals surface area (Å²) in [7, 11) is 3.49. The van der Waals surface area contributed by atoms with Crippen LogP contribution in [0.4, 0.5) is 0 Å². The number of ether oxygens (including phenoxy) is 2. The van der Waals surface area contributed by atoms with Crippen LogP contribution in [0.2, 0.25) is 0 Å². The Labute approximate surface area is 204 Å². The molecule has 2 heterocycles. The van der Waals surface area contributed by atoms with Crippen LogP contribution in [0.1, 0.15) is 29.1 Å². The Bertz CT molecular complexity index is 1230. The van der Waals surface area contributed by atoms with Gasteiger partial charge in [-0.2, -0.15) is 5.10 Å². The maximum atomic E-state index is 13.4. The lowest BCUT2D eigenvalue weighted by Crippen LogP contribution is -2.33. The van der Waals surface area contributed by atoms with Gasteiger partial charge in [0, 0.05) is 25.2 Å². The van der Waals surface area contributed by atoms with E-state index >= 15 is 0 Å². The predicted octanol–water partition coefficient (Wildman–Crippen LogP) is 6.25. The summed E-state index contributed by atoms with van der Waals surface area (Å²) in [4.78, 5) is 16.0. The first kappa shape index (κ1) is 23.6. The zero-order chi connectivity index (χ0) is 24.1. The van der Waals surface area contributed by atoms with Gasteiger partial charge in [-0.1, -0.05) is 56.3 Å². The summed E-state index contributed by atoms with van der Waals surface area (Å²) in [5, 5.41) is 6.73. The first-order valence-corrected chi connectivity index (χ1v) is 12.1. The lowest BCUT2D eigenvalue weighted by Gasteiger charge is -2.25. The monoisotopic (exact) mass is 475 g/mol. The van der Waals surface area contributed by atoms with E-state index in [1.807, 2.05) is 84.1 Å². The summed E-state index contributed by atoms with van der Waals surface area (Å²) in [6, 6.07) is 21.2. The van der Waals surface area contributed by atoms with Crippen molar-refractivity contribution in [1.29, 1.82) is 0 Å². The van der Waals surface area contributed by atoms with Crippen molar-refractivity contribution in [2.75, 3.05) is 13.7 Å². The summed E-state index contributed by atoms with van der Waals surface area (Å²) in [5.74, 6) is 2.27. The van der Waals surface area contributed by atoms with Crippen molar-refractivity contribution in [2.24, 2.45) is 13.0 Å². The normalized spacial score (nSPS) is 11.0. The van der Waals surface area contributed by atoms with Crippen LogP contribution in [0.15, 0.2) is 72.1 Å². The van der Waals surface area contributed by atoms with Gasteiger partial charge in [-0.05, 0) is 29.5 Å². The molecule has 0 aliphatic carbocycles. The van der Waals surface area contributed by atoms with Crippen molar-refractivity contribution in [3.05, 3.63) is 82.6 Å². The van der Waals surface area contributed by atoms with Crippen LogP contribution in [0, 0.1) is 5.92 Å². The molecule has 0 aliphatic rings. The van der Waals surface area contributed by atoms with Gasteiger partial charge in [0.05, 0.1) is 24.1 Å². The molecule has 0 saturated carbocycles. The number of hydrogen-bond donors (Lipinski definition) is 0.